The van der Waals surface area contributed by atoms with E-state index in [4.69, 9.17) is 0 Å². The van der Waals surface area contributed by atoms with Crippen LogP contribution in [0.2, 0.25) is 0 Å². The number of thiazole rings is 1. The minimum atomic E-state index is 0.893. The van der Waals surface area contributed by atoms with Crippen LogP contribution in [0.3, 0.4) is 0 Å². The zero-order chi connectivity index (χ0) is 11.4. The molecular weight excluding hydrogens is 218 g/mol. The van der Waals surface area contributed by atoms with E-state index in [-0.39, 0.29) is 0 Å². The van der Waals surface area contributed by atoms with E-state index in [1.807, 2.05) is 17.8 Å². The van der Waals surface area contributed by atoms with E-state index in [2.05, 4.69) is 40.7 Å². The summed E-state index contributed by atoms with van der Waals surface area (Å²) in [7, 11) is 2.05. The molecule has 0 bridgehead atoms. The third-order valence-corrected chi connectivity index (χ3v) is 3.30. The molecule has 3 nitrogen and oxygen atoms in total. The maximum absolute atomic E-state index is 4.35. The minimum absolute atomic E-state index is 0.893. The van der Waals surface area contributed by atoms with Crippen LogP contribution in [0.4, 0.5) is 0 Å². The highest BCUT2D eigenvalue weighted by molar-refractivity contribution is 7.09. The molecule has 2 aromatic rings. The molecule has 2 aromatic heterocycles. The number of imidazole rings is 1. The Labute approximate surface area is 99.5 Å². The molecule has 0 unspecified atom stereocenters. The lowest BCUT2D eigenvalue weighted by Crippen LogP contribution is -1.97. The maximum Gasteiger partial charge on any atom is 0.108 e. The normalized spacial score (nSPS) is 11.4. The lowest BCUT2D eigenvalue weighted by molar-refractivity contribution is 0.801. The van der Waals surface area contributed by atoms with Crippen molar-refractivity contribution in [3.63, 3.8) is 0 Å². The standard InChI is InChI=1S/C12H15N3S/c1-3-11-14-9-10(15(11)2)5-4-6-12-13-7-8-16-12/h4-5,7-9H,3,6H2,1-2H3. The van der Waals surface area contributed by atoms with Crippen LogP contribution in [0.15, 0.2) is 23.8 Å². The molecule has 84 valence electrons. The van der Waals surface area contributed by atoms with Gasteiger partial charge in [-0.25, -0.2) is 9.97 Å². The third-order valence-electron chi connectivity index (χ3n) is 2.50. The van der Waals surface area contributed by atoms with Gasteiger partial charge in [-0.05, 0) is 6.08 Å². The van der Waals surface area contributed by atoms with E-state index in [0.29, 0.717) is 0 Å². The van der Waals surface area contributed by atoms with Crippen LogP contribution in [0.1, 0.15) is 23.4 Å². The van der Waals surface area contributed by atoms with Crippen molar-refractivity contribution in [1.82, 2.24) is 14.5 Å². The van der Waals surface area contributed by atoms with Crippen LogP contribution >= 0.6 is 11.3 Å². The molecule has 0 spiro atoms. The molecule has 0 saturated heterocycles. The van der Waals surface area contributed by atoms with E-state index < -0.39 is 0 Å². The van der Waals surface area contributed by atoms with Gasteiger partial charge in [0.15, 0.2) is 0 Å². The summed E-state index contributed by atoms with van der Waals surface area (Å²) in [6.45, 7) is 2.12. The Morgan fingerprint density at radius 2 is 2.31 bits per heavy atom. The van der Waals surface area contributed by atoms with Crippen molar-refractivity contribution in [3.8, 4) is 0 Å². The second-order valence-electron chi connectivity index (χ2n) is 3.54. The molecule has 0 N–H and O–H groups in total. The number of hydrogen-bond acceptors (Lipinski definition) is 3. The average molecular weight is 233 g/mol. The average Bonchev–Trinajstić information content (AvgIpc) is 2.90. The van der Waals surface area contributed by atoms with Crippen LogP contribution in [0.25, 0.3) is 6.08 Å². The van der Waals surface area contributed by atoms with Gasteiger partial charge in [0.05, 0.1) is 16.9 Å². The molecule has 0 aromatic carbocycles. The number of allylic oxidation sites excluding steroid dienone is 1. The Bertz CT molecular complexity index is 468. The summed E-state index contributed by atoms with van der Waals surface area (Å²) in [5.74, 6) is 1.12. The van der Waals surface area contributed by atoms with Gasteiger partial charge in [0.25, 0.3) is 0 Å². The Balaban J connectivity index is 2.03. The van der Waals surface area contributed by atoms with Crippen molar-refractivity contribution < 1.29 is 0 Å². The SMILES string of the molecule is CCc1ncc(C=CCc2nccs2)n1C. The lowest BCUT2D eigenvalue weighted by atomic mass is 10.3. The fourth-order valence-corrected chi connectivity index (χ4v) is 2.17. The van der Waals surface area contributed by atoms with E-state index in [1.54, 1.807) is 11.3 Å². The van der Waals surface area contributed by atoms with E-state index >= 15 is 0 Å². The molecule has 0 aliphatic rings. The molecule has 0 fully saturated rings. The number of rotatable bonds is 4. The zero-order valence-corrected chi connectivity index (χ0v) is 10.4. The van der Waals surface area contributed by atoms with Gasteiger partial charge in [0, 0.05) is 31.5 Å². The molecule has 0 radical (unpaired) electrons. The Morgan fingerprint density at radius 3 is 2.94 bits per heavy atom. The molecule has 16 heavy (non-hydrogen) atoms. The van der Waals surface area contributed by atoms with Gasteiger partial charge in [-0.15, -0.1) is 11.3 Å². The first kappa shape index (κ1) is 11.1. The van der Waals surface area contributed by atoms with Gasteiger partial charge in [0.1, 0.15) is 5.82 Å². The summed E-state index contributed by atoms with van der Waals surface area (Å²) < 4.78 is 2.12. The molecular formula is C12H15N3S. The van der Waals surface area contributed by atoms with Crippen molar-refractivity contribution >= 4 is 17.4 Å². The smallest absolute Gasteiger partial charge is 0.108 e. The lowest BCUT2D eigenvalue weighted by Gasteiger charge is -1.99. The Morgan fingerprint density at radius 1 is 1.44 bits per heavy atom. The molecule has 0 amide bonds. The summed E-state index contributed by atoms with van der Waals surface area (Å²) >= 11 is 1.69. The van der Waals surface area contributed by atoms with Crippen LogP contribution in [0.5, 0.6) is 0 Å². The minimum Gasteiger partial charge on any atom is -0.332 e. The largest absolute Gasteiger partial charge is 0.332 e. The van der Waals surface area contributed by atoms with Gasteiger partial charge < -0.3 is 4.57 Å². The van der Waals surface area contributed by atoms with Crippen molar-refractivity contribution in [2.45, 2.75) is 19.8 Å². The summed E-state index contributed by atoms with van der Waals surface area (Å²) in [4.78, 5) is 8.58. The molecule has 2 heterocycles. The molecule has 0 saturated carbocycles. The first-order valence-corrected chi connectivity index (χ1v) is 6.24. The van der Waals surface area contributed by atoms with Gasteiger partial charge in [-0.1, -0.05) is 13.0 Å². The van der Waals surface area contributed by atoms with Crippen molar-refractivity contribution in [1.29, 1.82) is 0 Å². The van der Waals surface area contributed by atoms with Crippen LogP contribution in [-0.4, -0.2) is 14.5 Å². The monoisotopic (exact) mass is 233 g/mol. The van der Waals surface area contributed by atoms with Crippen molar-refractivity contribution in [2.75, 3.05) is 0 Å². The predicted octanol–water partition coefficient (Wildman–Crippen LogP) is 2.69. The summed E-state index contributed by atoms with van der Waals surface area (Å²) in [5.41, 5.74) is 1.15. The van der Waals surface area contributed by atoms with E-state index in [1.165, 1.54) is 0 Å². The number of hydrogen-bond donors (Lipinski definition) is 0. The Kier molecular flexibility index (Phi) is 3.51. The second-order valence-corrected chi connectivity index (χ2v) is 4.52. The van der Waals surface area contributed by atoms with Gasteiger partial charge >= 0.3 is 0 Å². The van der Waals surface area contributed by atoms with E-state index in [0.717, 1.165) is 29.4 Å². The van der Waals surface area contributed by atoms with Crippen molar-refractivity contribution in [3.05, 3.63) is 40.4 Å². The fourth-order valence-electron chi connectivity index (χ4n) is 1.58. The number of nitrogens with zero attached hydrogens (tertiary/aromatic N) is 3. The molecule has 2 rings (SSSR count). The third kappa shape index (κ3) is 2.39. The number of aryl methyl sites for hydroxylation is 1. The van der Waals surface area contributed by atoms with Gasteiger partial charge in [-0.2, -0.15) is 0 Å². The maximum atomic E-state index is 4.35. The molecule has 0 aliphatic carbocycles. The highest BCUT2D eigenvalue weighted by Gasteiger charge is 2.00. The zero-order valence-electron chi connectivity index (χ0n) is 9.55. The Hall–Kier alpha value is -1.42. The fraction of sp³-hybridized carbons (Fsp3) is 0.333. The summed E-state index contributed by atoms with van der Waals surface area (Å²) in [6.07, 6.45) is 9.86. The quantitative estimate of drug-likeness (QED) is 0.813. The topological polar surface area (TPSA) is 30.7 Å². The summed E-state index contributed by atoms with van der Waals surface area (Å²) in [6, 6.07) is 0. The highest BCUT2D eigenvalue weighted by Crippen LogP contribution is 2.09. The van der Waals surface area contributed by atoms with Crippen LogP contribution in [-0.2, 0) is 19.9 Å². The van der Waals surface area contributed by atoms with Gasteiger partial charge in [0.2, 0.25) is 0 Å². The van der Waals surface area contributed by atoms with Crippen LogP contribution < -0.4 is 0 Å². The highest BCUT2D eigenvalue weighted by atomic mass is 32.1. The van der Waals surface area contributed by atoms with Gasteiger partial charge in [-0.3, -0.25) is 0 Å². The van der Waals surface area contributed by atoms with E-state index in [9.17, 15) is 0 Å². The molecule has 0 atom stereocenters. The molecule has 0 aliphatic heterocycles. The first-order valence-electron chi connectivity index (χ1n) is 5.36. The summed E-state index contributed by atoms with van der Waals surface area (Å²) in [5, 5.41) is 3.15. The predicted molar refractivity (Wildman–Crippen MR) is 67.4 cm³/mol. The number of aromatic nitrogens is 3. The molecule has 4 heteroatoms. The second kappa shape index (κ2) is 5.07. The van der Waals surface area contributed by atoms with Crippen molar-refractivity contribution in [2.24, 2.45) is 7.05 Å². The van der Waals surface area contributed by atoms with Crippen LogP contribution in [0, 0.1) is 0 Å². The first-order chi connectivity index (χ1) is 7.81.